The maximum absolute atomic E-state index is 12.6. The molecule has 0 saturated carbocycles. The highest BCUT2D eigenvalue weighted by molar-refractivity contribution is 9.10. The molecule has 1 atom stereocenters. The SMILES string of the molecule is O=C(O)CC(c1cccc(Br)c1)C(F)(F)F. The van der Waals surface area contributed by atoms with E-state index in [9.17, 15) is 18.0 Å². The Hall–Kier alpha value is -1.04. The number of hydrogen-bond donors (Lipinski definition) is 1. The summed E-state index contributed by atoms with van der Waals surface area (Å²) in [4.78, 5) is 10.4. The van der Waals surface area contributed by atoms with Crippen LogP contribution in [0.4, 0.5) is 13.2 Å². The molecule has 0 aromatic heterocycles. The van der Waals surface area contributed by atoms with Crippen molar-refractivity contribution in [2.24, 2.45) is 0 Å². The third-order valence-corrected chi connectivity index (χ3v) is 2.52. The maximum Gasteiger partial charge on any atom is 0.396 e. The van der Waals surface area contributed by atoms with Crippen molar-refractivity contribution in [2.45, 2.75) is 18.5 Å². The Morgan fingerprint density at radius 3 is 2.50 bits per heavy atom. The second kappa shape index (κ2) is 4.86. The van der Waals surface area contributed by atoms with Crippen molar-refractivity contribution < 1.29 is 23.1 Å². The molecule has 1 rings (SSSR count). The normalized spacial score (nSPS) is 13.5. The minimum atomic E-state index is -4.56. The van der Waals surface area contributed by atoms with Crippen molar-refractivity contribution in [1.29, 1.82) is 0 Å². The number of hydrogen-bond acceptors (Lipinski definition) is 1. The van der Waals surface area contributed by atoms with Gasteiger partial charge >= 0.3 is 12.1 Å². The third kappa shape index (κ3) is 3.52. The summed E-state index contributed by atoms with van der Waals surface area (Å²) in [6.45, 7) is 0. The lowest BCUT2D eigenvalue weighted by Crippen LogP contribution is -2.23. The van der Waals surface area contributed by atoms with Crippen molar-refractivity contribution in [2.75, 3.05) is 0 Å². The smallest absolute Gasteiger partial charge is 0.396 e. The zero-order valence-corrected chi connectivity index (χ0v) is 9.55. The Labute approximate surface area is 98.2 Å². The molecule has 0 bridgehead atoms. The van der Waals surface area contributed by atoms with E-state index in [1.807, 2.05) is 0 Å². The average molecular weight is 297 g/mol. The van der Waals surface area contributed by atoms with Crippen LogP contribution in [0.25, 0.3) is 0 Å². The summed E-state index contributed by atoms with van der Waals surface area (Å²) in [5.74, 6) is -3.44. The van der Waals surface area contributed by atoms with Crippen LogP contribution >= 0.6 is 15.9 Å². The van der Waals surface area contributed by atoms with Gasteiger partial charge in [0.25, 0.3) is 0 Å². The zero-order chi connectivity index (χ0) is 12.3. The fraction of sp³-hybridized carbons (Fsp3) is 0.300. The highest BCUT2D eigenvalue weighted by Crippen LogP contribution is 2.38. The largest absolute Gasteiger partial charge is 0.481 e. The first-order chi connectivity index (χ1) is 7.30. The molecule has 0 spiro atoms. The lowest BCUT2D eigenvalue weighted by molar-refractivity contribution is -0.163. The van der Waals surface area contributed by atoms with E-state index in [0.29, 0.717) is 4.47 Å². The number of halogens is 4. The summed E-state index contributed by atoms with van der Waals surface area (Å²) in [5, 5.41) is 8.47. The minimum absolute atomic E-state index is 0.0516. The highest BCUT2D eigenvalue weighted by Gasteiger charge is 2.41. The molecule has 1 N–H and O–H groups in total. The standard InChI is InChI=1S/C10H8BrF3O2/c11-7-3-1-2-6(4-7)8(5-9(15)16)10(12,13)14/h1-4,8H,5H2,(H,15,16). The number of alkyl halides is 3. The molecule has 0 amide bonds. The Morgan fingerprint density at radius 2 is 2.06 bits per heavy atom. The van der Waals surface area contributed by atoms with Crippen molar-refractivity contribution >= 4 is 21.9 Å². The number of carbonyl (C=O) groups is 1. The topological polar surface area (TPSA) is 37.3 Å². The molecule has 0 saturated heterocycles. The van der Waals surface area contributed by atoms with Gasteiger partial charge in [0.1, 0.15) is 0 Å². The van der Waals surface area contributed by atoms with E-state index in [1.54, 1.807) is 6.07 Å². The Morgan fingerprint density at radius 1 is 1.44 bits per heavy atom. The average Bonchev–Trinajstić information content (AvgIpc) is 2.12. The van der Waals surface area contributed by atoms with Gasteiger partial charge in [0.15, 0.2) is 0 Å². The summed E-state index contributed by atoms with van der Waals surface area (Å²) in [5.41, 5.74) is -0.0516. The van der Waals surface area contributed by atoms with E-state index in [4.69, 9.17) is 5.11 Å². The predicted octanol–water partition coefficient (Wildman–Crippen LogP) is 3.57. The van der Waals surface area contributed by atoms with Crippen LogP contribution < -0.4 is 0 Å². The Bertz CT molecular complexity index is 390. The second-order valence-corrected chi connectivity index (χ2v) is 4.16. The summed E-state index contributed by atoms with van der Waals surface area (Å²) in [6.07, 6.45) is -5.51. The molecule has 1 unspecified atom stereocenters. The van der Waals surface area contributed by atoms with E-state index in [-0.39, 0.29) is 5.56 Å². The van der Waals surface area contributed by atoms with Gasteiger partial charge in [-0.05, 0) is 17.7 Å². The van der Waals surface area contributed by atoms with Gasteiger partial charge in [-0.15, -0.1) is 0 Å². The molecule has 1 aromatic rings. The van der Waals surface area contributed by atoms with Gasteiger partial charge in [0, 0.05) is 4.47 Å². The monoisotopic (exact) mass is 296 g/mol. The summed E-state index contributed by atoms with van der Waals surface area (Å²) in [7, 11) is 0. The fourth-order valence-electron chi connectivity index (χ4n) is 1.32. The van der Waals surface area contributed by atoms with Gasteiger partial charge in [0.2, 0.25) is 0 Å². The molecule has 0 aliphatic heterocycles. The first-order valence-electron chi connectivity index (χ1n) is 4.34. The quantitative estimate of drug-likeness (QED) is 0.926. The van der Waals surface area contributed by atoms with Gasteiger partial charge in [-0.2, -0.15) is 13.2 Å². The third-order valence-electron chi connectivity index (χ3n) is 2.02. The first-order valence-corrected chi connectivity index (χ1v) is 5.14. The molecular formula is C10H8BrF3O2. The van der Waals surface area contributed by atoms with Gasteiger partial charge in [-0.25, -0.2) is 0 Å². The molecule has 2 nitrogen and oxygen atoms in total. The predicted molar refractivity (Wildman–Crippen MR) is 55.2 cm³/mol. The Kier molecular flexibility index (Phi) is 3.96. The first kappa shape index (κ1) is 13.0. The van der Waals surface area contributed by atoms with E-state index in [1.165, 1.54) is 18.2 Å². The van der Waals surface area contributed by atoms with Crippen LogP contribution in [0.15, 0.2) is 28.7 Å². The van der Waals surface area contributed by atoms with Gasteiger partial charge < -0.3 is 5.11 Å². The van der Waals surface area contributed by atoms with Crippen molar-refractivity contribution in [3.63, 3.8) is 0 Å². The van der Waals surface area contributed by atoms with Crippen LogP contribution in [0.1, 0.15) is 17.9 Å². The molecular weight excluding hydrogens is 289 g/mol. The maximum atomic E-state index is 12.6. The number of rotatable bonds is 3. The summed E-state index contributed by atoms with van der Waals surface area (Å²) >= 11 is 3.05. The molecule has 0 radical (unpaired) electrons. The molecule has 6 heteroatoms. The van der Waals surface area contributed by atoms with Crippen molar-refractivity contribution in [1.82, 2.24) is 0 Å². The lowest BCUT2D eigenvalue weighted by Gasteiger charge is -2.19. The van der Waals surface area contributed by atoms with Crippen molar-refractivity contribution in [3.8, 4) is 0 Å². The minimum Gasteiger partial charge on any atom is -0.481 e. The number of carboxylic acids is 1. The molecule has 1 aromatic carbocycles. The van der Waals surface area contributed by atoms with E-state index in [2.05, 4.69) is 15.9 Å². The summed E-state index contributed by atoms with van der Waals surface area (Å²) in [6, 6.07) is 5.57. The van der Waals surface area contributed by atoms with Crippen LogP contribution in [-0.2, 0) is 4.79 Å². The zero-order valence-electron chi connectivity index (χ0n) is 7.96. The molecule has 16 heavy (non-hydrogen) atoms. The number of benzene rings is 1. The van der Waals surface area contributed by atoms with Crippen LogP contribution in [0.3, 0.4) is 0 Å². The van der Waals surface area contributed by atoms with Crippen LogP contribution in [-0.4, -0.2) is 17.3 Å². The molecule has 0 heterocycles. The van der Waals surface area contributed by atoms with E-state index < -0.39 is 24.5 Å². The van der Waals surface area contributed by atoms with Crippen molar-refractivity contribution in [3.05, 3.63) is 34.3 Å². The van der Waals surface area contributed by atoms with E-state index in [0.717, 1.165) is 0 Å². The highest BCUT2D eigenvalue weighted by atomic mass is 79.9. The van der Waals surface area contributed by atoms with Crippen LogP contribution in [0.5, 0.6) is 0 Å². The van der Waals surface area contributed by atoms with Crippen LogP contribution in [0, 0.1) is 0 Å². The lowest BCUT2D eigenvalue weighted by atomic mass is 9.95. The summed E-state index contributed by atoms with van der Waals surface area (Å²) < 4.78 is 38.3. The second-order valence-electron chi connectivity index (χ2n) is 3.25. The van der Waals surface area contributed by atoms with Gasteiger partial charge in [-0.1, -0.05) is 28.1 Å². The van der Waals surface area contributed by atoms with Crippen LogP contribution in [0.2, 0.25) is 0 Å². The Balaban J connectivity index is 3.06. The molecule has 0 aliphatic carbocycles. The number of carboxylic acid groups (broad SMARTS) is 1. The van der Waals surface area contributed by atoms with Gasteiger partial charge in [-0.3, -0.25) is 4.79 Å². The molecule has 88 valence electrons. The molecule has 0 fully saturated rings. The fourth-order valence-corrected chi connectivity index (χ4v) is 1.74. The molecule has 0 aliphatic rings. The van der Waals surface area contributed by atoms with Gasteiger partial charge in [0.05, 0.1) is 12.3 Å². The number of aliphatic carboxylic acids is 1. The van der Waals surface area contributed by atoms with E-state index >= 15 is 0 Å².